The van der Waals surface area contributed by atoms with E-state index in [1.54, 1.807) is 0 Å². The number of hydrogen-bond donors (Lipinski definition) is 0. The minimum absolute atomic E-state index is 0. The van der Waals surface area contributed by atoms with Crippen LogP contribution in [-0.4, -0.2) is 31.1 Å². The van der Waals surface area contributed by atoms with Crippen molar-refractivity contribution >= 4 is 24.0 Å². The van der Waals surface area contributed by atoms with Crippen LogP contribution in [0.1, 0.15) is 24.8 Å². The Labute approximate surface area is 126 Å². The molecular formula is C15H21Cl2NO. The van der Waals surface area contributed by atoms with Crippen LogP contribution in [0.15, 0.2) is 18.2 Å². The number of ether oxygens (including phenoxy) is 1. The van der Waals surface area contributed by atoms with Crippen LogP contribution in [0.4, 0.5) is 0 Å². The van der Waals surface area contributed by atoms with Gasteiger partial charge in [0.2, 0.25) is 0 Å². The van der Waals surface area contributed by atoms with E-state index in [2.05, 4.69) is 25.1 Å². The minimum Gasteiger partial charge on any atom is -0.486 e. The summed E-state index contributed by atoms with van der Waals surface area (Å²) < 4.78 is 6.34. The van der Waals surface area contributed by atoms with Crippen LogP contribution in [0, 0.1) is 5.92 Å². The van der Waals surface area contributed by atoms with Gasteiger partial charge >= 0.3 is 0 Å². The second-order valence-electron chi connectivity index (χ2n) is 5.95. The standard InChI is InChI=1S/C15H20ClNO.ClH/c1-17(2)10-12-4-3-7-15(12)9-11-8-13(16)5-6-14(11)18-15;/h5-6,8,12H,3-4,7,9-10H2,1-2H3;1H/t12-,15+;/m1./s1. The third-order valence-electron chi connectivity index (χ3n) is 4.31. The molecular weight excluding hydrogens is 281 g/mol. The minimum atomic E-state index is 0. The van der Waals surface area contributed by atoms with Crippen molar-refractivity contribution in [3.8, 4) is 5.75 Å². The van der Waals surface area contributed by atoms with Gasteiger partial charge in [-0.05, 0) is 57.1 Å². The maximum atomic E-state index is 6.34. The molecule has 3 rings (SSSR count). The van der Waals surface area contributed by atoms with Gasteiger partial charge in [0, 0.05) is 23.9 Å². The molecule has 0 bridgehead atoms. The number of hydrogen-bond acceptors (Lipinski definition) is 2. The molecule has 0 amide bonds. The molecule has 1 saturated carbocycles. The summed E-state index contributed by atoms with van der Waals surface area (Å²) in [6.07, 6.45) is 4.76. The summed E-state index contributed by atoms with van der Waals surface area (Å²) in [5.41, 5.74) is 1.32. The summed E-state index contributed by atoms with van der Waals surface area (Å²) in [6, 6.07) is 6.02. The highest BCUT2D eigenvalue weighted by Gasteiger charge is 2.48. The quantitative estimate of drug-likeness (QED) is 0.824. The molecule has 1 aromatic carbocycles. The second-order valence-corrected chi connectivity index (χ2v) is 6.38. The highest BCUT2D eigenvalue weighted by atomic mass is 35.5. The molecule has 1 aliphatic carbocycles. The fourth-order valence-electron chi connectivity index (χ4n) is 3.54. The fourth-order valence-corrected chi connectivity index (χ4v) is 3.74. The Kier molecular flexibility index (Phi) is 4.34. The Hall–Kier alpha value is -0.440. The van der Waals surface area contributed by atoms with E-state index >= 15 is 0 Å². The molecule has 1 fully saturated rings. The van der Waals surface area contributed by atoms with E-state index in [-0.39, 0.29) is 18.0 Å². The van der Waals surface area contributed by atoms with Gasteiger partial charge in [0.15, 0.2) is 0 Å². The van der Waals surface area contributed by atoms with E-state index in [4.69, 9.17) is 16.3 Å². The van der Waals surface area contributed by atoms with E-state index in [1.165, 1.54) is 24.8 Å². The molecule has 1 aromatic rings. The van der Waals surface area contributed by atoms with Crippen molar-refractivity contribution in [2.45, 2.75) is 31.3 Å². The van der Waals surface area contributed by atoms with Crippen molar-refractivity contribution in [2.75, 3.05) is 20.6 Å². The molecule has 0 saturated heterocycles. The van der Waals surface area contributed by atoms with Gasteiger partial charge in [0.25, 0.3) is 0 Å². The number of fused-ring (bicyclic) bond motifs is 1. The van der Waals surface area contributed by atoms with E-state index < -0.39 is 0 Å². The summed E-state index contributed by atoms with van der Waals surface area (Å²) in [5, 5.41) is 0.816. The topological polar surface area (TPSA) is 12.5 Å². The Balaban J connectivity index is 0.00000133. The Morgan fingerprint density at radius 3 is 2.95 bits per heavy atom. The van der Waals surface area contributed by atoms with Crippen molar-refractivity contribution in [1.29, 1.82) is 0 Å². The predicted molar refractivity (Wildman–Crippen MR) is 81.7 cm³/mol. The molecule has 1 spiro atoms. The number of benzene rings is 1. The van der Waals surface area contributed by atoms with Crippen LogP contribution in [0.3, 0.4) is 0 Å². The van der Waals surface area contributed by atoms with Crippen molar-refractivity contribution in [3.05, 3.63) is 28.8 Å². The van der Waals surface area contributed by atoms with Crippen molar-refractivity contribution in [1.82, 2.24) is 4.90 Å². The second kappa shape index (κ2) is 5.51. The van der Waals surface area contributed by atoms with Crippen molar-refractivity contribution < 1.29 is 4.74 Å². The molecule has 2 atom stereocenters. The maximum absolute atomic E-state index is 6.34. The Morgan fingerprint density at radius 1 is 1.42 bits per heavy atom. The molecule has 106 valence electrons. The molecule has 1 heterocycles. The smallest absolute Gasteiger partial charge is 0.123 e. The first-order valence-corrected chi connectivity index (χ1v) is 7.09. The van der Waals surface area contributed by atoms with Gasteiger partial charge in [-0.25, -0.2) is 0 Å². The van der Waals surface area contributed by atoms with Gasteiger partial charge in [-0.2, -0.15) is 0 Å². The van der Waals surface area contributed by atoms with Crippen LogP contribution in [0.5, 0.6) is 5.75 Å². The summed E-state index contributed by atoms with van der Waals surface area (Å²) in [6.45, 7) is 1.11. The van der Waals surface area contributed by atoms with Gasteiger partial charge < -0.3 is 9.64 Å². The molecule has 2 nitrogen and oxygen atoms in total. The molecule has 0 unspecified atom stereocenters. The normalized spacial score (nSPS) is 28.3. The molecule has 19 heavy (non-hydrogen) atoms. The monoisotopic (exact) mass is 301 g/mol. The number of halogens is 2. The first kappa shape index (κ1) is 15.0. The highest BCUT2D eigenvalue weighted by molar-refractivity contribution is 6.30. The van der Waals surface area contributed by atoms with Crippen LogP contribution >= 0.6 is 24.0 Å². The molecule has 2 aliphatic rings. The van der Waals surface area contributed by atoms with Gasteiger partial charge in [0.1, 0.15) is 11.4 Å². The van der Waals surface area contributed by atoms with Crippen molar-refractivity contribution in [3.63, 3.8) is 0 Å². The molecule has 4 heteroatoms. The van der Waals surface area contributed by atoms with Crippen molar-refractivity contribution in [2.24, 2.45) is 5.92 Å². The Bertz CT molecular complexity index is 463. The average Bonchev–Trinajstić information content (AvgIpc) is 2.83. The number of nitrogens with zero attached hydrogens (tertiary/aromatic N) is 1. The van der Waals surface area contributed by atoms with Crippen LogP contribution < -0.4 is 4.74 Å². The summed E-state index contributed by atoms with van der Waals surface area (Å²) in [5.74, 6) is 1.68. The lowest BCUT2D eigenvalue weighted by atomic mass is 9.86. The predicted octanol–water partition coefficient (Wildman–Crippen LogP) is 3.80. The summed E-state index contributed by atoms with van der Waals surface area (Å²) in [7, 11) is 4.29. The van der Waals surface area contributed by atoms with Crippen LogP contribution in [-0.2, 0) is 6.42 Å². The third kappa shape index (κ3) is 2.72. The van der Waals surface area contributed by atoms with Gasteiger partial charge in [0.05, 0.1) is 0 Å². The van der Waals surface area contributed by atoms with Crippen LogP contribution in [0.2, 0.25) is 5.02 Å². The first-order valence-electron chi connectivity index (χ1n) is 6.71. The lowest BCUT2D eigenvalue weighted by molar-refractivity contribution is 0.0408. The van der Waals surface area contributed by atoms with Gasteiger partial charge in [-0.15, -0.1) is 12.4 Å². The lowest BCUT2D eigenvalue weighted by Crippen LogP contribution is -2.42. The molecule has 0 aromatic heterocycles. The third-order valence-corrected chi connectivity index (χ3v) is 4.54. The highest BCUT2D eigenvalue weighted by Crippen LogP contribution is 2.48. The zero-order valence-electron chi connectivity index (χ0n) is 11.5. The van der Waals surface area contributed by atoms with Gasteiger partial charge in [-0.3, -0.25) is 0 Å². The zero-order valence-corrected chi connectivity index (χ0v) is 13.1. The lowest BCUT2D eigenvalue weighted by Gasteiger charge is -2.32. The Morgan fingerprint density at radius 2 is 2.21 bits per heavy atom. The average molecular weight is 302 g/mol. The van der Waals surface area contributed by atoms with E-state index in [1.807, 2.05) is 12.1 Å². The van der Waals surface area contributed by atoms with Crippen LogP contribution in [0.25, 0.3) is 0 Å². The molecule has 0 N–H and O–H groups in total. The van der Waals surface area contributed by atoms with Gasteiger partial charge in [-0.1, -0.05) is 11.6 Å². The fraction of sp³-hybridized carbons (Fsp3) is 0.600. The van der Waals surface area contributed by atoms with E-state index in [0.717, 1.165) is 23.7 Å². The van der Waals surface area contributed by atoms with E-state index in [9.17, 15) is 0 Å². The summed E-state index contributed by atoms with van der Waals surface area (Å²) in [4.78, 5) is 2.27. The largest absolute Gasteiger partial charge is 0.486 e. The zero-order chi connectivity index (χ0) is 12.8. The maximum Gasteiger partial charge on any atom is 0.123 e. The van der Waals surface area contributed by atoms with E-state index in [0.29, 0.717) is 5.92 Å². The number of rotatable bonds is 2. The first-order chi connectivity index (χ1) is 8.59. The summed E-state index contributed by atoms with van der Waals surface area (Å²) >= 11 is 6.08. The molecule has 0 radical (unpaired) electrons. The SMILES string of the molecule is CN(C)C[C@H]1CCC[C@]12Cc1cc(Cl)ccc1O2.Cl. The molecule has 1 aliphatic heterocycles.